The molecule has 1 saturated heterocycles. The van der Waals surface area contributed by atoms with Gasteiger partial charge in [-0.2, -0.15) is 0 Å². The van der Waals surface area contributed by atoms with Gasteiger partial charge in [-0.25, -0.2) is 0 Å². The highest BCUT2D eigenvalue weighted by Crippen LogP contribution is 2.49. The number of fused-ring (bicyclic) bond motifs is 2. The molecule has 0 aromatic rings. The first-order chi connectivity index (χ1) is 8.65. The Morgan fingerprint density at radius 3 is 2.67 bits per heavy atom. The third-order valence-corrected chi connectivity index (χ3v) is 5.63. The maximum Gasteiger partial charge on any atom is 0.237 e. The summed E-state index contributed by atoms with van der Waals surface area (Å²) in [6.45, 7) is 3.29. The normalized spacial score (nSPS) is 41.2. The number of hydrogen-bond donors (Lipinski definition) is 1. The van der Waals surface area contributed by atoms with Gasteiger partial charge in [-0.3, -0.25) is 9.69 Å². The Kier molecular flexibility index (Phi) is 3.35. The largest absolute Gasteiger partial charge is 0.352 e. The number of likely N-dealkylation sites (tertiary alicyclic amines) is 1. The summed E-state index contributed by atoms with van der Waals surface area (Å²) in [5.74, 6) is 2.88. The van der Waals surface area contributed by atoms with Gasteiger partial charge in [-0.15, -0.1) is 0 Å². The van der Waals surface area contributed by atoms with Crippen LogP contribution in [0.5, 0.6) is 0 Å². The van der Waals surface area contributed by atoms with Gasteiger partial charge in [0.25, 0.3) is 0 Å². The maximum absolute atomic E-state index is 12.3. The summed E-state index contributed by atoms with van der Waals surface area (Å²) in [5.41, 5.74) is 0. The molecule has 3 aliphatic rings. The second kappa shape index (κ2) is 4.84. The van der Waals surface area contributed by atoms with Gasteiger partial charge in [0.05, 0.1) is 6.04 Å². The average molecular weight is 250 g/mol. The van der Waals surface area contributed by atoms with Crippen LogP contribution in [0.2, 0.25) is 0 Å². The summed E-state index contributed by atoms with van der Waals surface area (Å²) in [4.78, 5) is 14.5. The van der Waals surface area contributed by atoms with Crippen molar-refractivity contribution in [1.29, 1.82) is 0 Å². The van der Waals surface area contributed by atoms with E-state index in [1.165, 1.54) is 25.7 Å². The van der Waals surface area contributed by atoms with Gasteiger partial charge < -0.3 is 5.32 Å². The van der Waals surface area contributed by atoms with Gasteiger partial charge in [0, 0.05) is 6.04 Å². The van der Waals surface area contributed by atoms with Crippen molar-refractivity contribution >= 4 is 5.91 Å². The summed E-state index contributed by atoms with van der Waals surface area (Å²) < 4.78 is 0. The van der Waals surface area contributed by atoms with Crippen molar-refractivity contribution in [3.05, 3.63) is 0 Å². The molecule has 3 nitrogen and oxygen atoms in total. The Morgan fingerprint density at radius 1 is 1.28 bits per heavy atom. The minimum atomic E-state index is 0.131. The van der Waals surface area contributed by atoms with Gasteiger partial charge in [0.15, 0.2) is 0 Å². The molecule has 2 saturated carbocycles. The lowest BCUT2D eigenvalue weighted by Gasteiger charge is -2.30. The van der Waals surface area contributed by atoms with E-state index in [9.17, 15) is 4.79 Å². The highest BCUT2D eigenvalue weighted by atomic mass is 16.2. The zero-order valence-electron chi connectivity index (χ0n) is 11.7. The predicted molar refractivity (Wildman–Crippen MR) is 72.2 cm³/mol. The molecule has 0 aromatic heterocycles. The van der Waals surface area contributed by atoms with E-state index in [0.717, 1.165) is 37.1 Å². The Morgan fingerprint density at radius 2 is 2.11 bits per heavy atom. The molecule has 3 heteroatoms. The van der Waals surface area contributed by atoms with E-state index in [1.807, 2.05) is 0 Å². The highest BCUT2D eigenvalue weighted by Gasteiger charge is 2.42. The number of nitrogens with zero attached hydrogens (tertiary/aromatic N) is 1. The Labute approximate surface area is 110 Å². The van der Waals surface area contributed by atoms with E-state index in [0.29, 0.717) is 6.04 Å². The van der Waals surface area contributed by atoms with E-state index >= 15 is 0 Å². The molecule has 0 unspecified atom stereocenters. The predicted octanol–water partition coefficient (Wildman–Crippen LogP) is 2.02. The Bertz CT molecular complexity index is 330. The molecule has 0 aromatic carbocycles. The quantitative estimate of drug-likeness (QED) is 0.831. The molecule has 5 atom stereocenters. The molecular weight excluding hydrogens is 224 g/mol. The summed E-state index contributed by atoms with van der Waals surface area (Å²) >= 11 is 0. The standard InChI is InChI=1S/C15H26N2O/c1-10(13-9-11-5-6-12(13)8-11)16-15(18)14-4-3-7-17(14)2/h10-14H,3-9H2,1-2H3,(H,16,18)/t10-,11-,12-,13+,14+/m0/s1. The van der Waals surface area contributed by atoms with E-state index < -0.39 is 0 Å². The van der Waals surface area contributed by atoms with Crippen molar-refractivity contribution in [2.75, 3.05) is 13.6 Å². The van der Waals surface area contributed by atoms with Crippen LogP contribution in [-0.2, 0) is 4.79 Å². The fourth-order valence-electron chi connectivity index (χ4n) is 4.58. The number of nitrogens with one attached hydrogen (secondary N) is 1. The Hall–Kier alpha value is -0.570. The van der Waals surface area contributed by atoms with Crippen molar-refractivity contribution < 1.29 is 4.79 Å². The summed E-state index contributed by atoms with van der Waals surface area (Å²) in [6, 6.07) is 0.507. The average Bonchev–Trinajstić information content (AvgIpc) is 3.03. The Balaban J connectivity index is 1.54. The van der Waals surface area contributed by atoms with Crippen LogP contribution in [0, 0.1) is 17.8 Å². The summed E-state index contributed by atoms with van der Waals surface area (Å²) in [6.07, 6.45) is 7.82. The SMILES string of the molecule is C[C@H](NC(=O)[C@H]1CCCN1C)[C@H]1C[C@H]2CC[C@H]1C2. The zero-order valence-corrected chi connectivity index (χ0v) is 11.7. The van der Waals surface area contributed by atoms with Crippen molar-refractivity contribution in [2.45, 2.75) is 57.5 Å². The minimum Gasteiger partial charge on any atom is -0.352 e. The molecular formula is C15H26N2O. The van der Waals surface area contributed by atoms with E-state index in [2.05, 4.69) is 24.2 Å². The van der Waals surface area contributed by atoms with Crippen molar-refractivity contribution in [2.24, 2.45) is 17.8 Å². The minimum absolute atomic E-state index is 0.131. The molecule has 2 bridgehead atoms. The second-order valence-electron chi connectivity index (χ2n) is 6.77. The van der Waals surface area contributed by atoms with Crippen LogP contribution >= 0.6 is 0 Å². The maximum atomic E-state index is 12.3. The van der Waals surface area contributed by atoms with Gasteiger partial charge >= 0.3 is 0 Å². The van der Waals surface area contributed by atoms with Crippen LogP contribution in [0.15, 0.2) is 0 Å². The molecule has 1 N–H and O–H groups in total. The molecule has 0 spiro atoms. The molecule has 1 aliphatic heterocycles. The molecule has 18 heavy (non-hydrogen) atoms. The van der Waals surface area contributed by atoms with Crippen molar-refractivity contribution in [1.82, 2.24) is 10.2 Å². The third kappa shape index (κ3) is 2.18. The molecule has 3 rings (SSSR count). The number of hydrogen-bond acceptors (Lipinski definition) is 2. The van der Waals surface area contributed by atoms with E-state index in [1.54, 1.807) is 0 Å². The van der Waals surface area contributed by atoms with Crippen molar-refractivity contribution in [3.8, 4) is 0 Å². The molecule has 2 aliphatic carbocycles. The molecule has 0 radical (unpaired) electrons. The lowest BCUT2D eigenvalue weighted by molar-refractivity contribution is -0.126. The van der Waals surface area contributed by atoms with Crippen LogP contribution in [0.1, 0.15) is 45.4 Å². The monoisotopic (exact) mass is 250 g/mol. The first-order valence-corrected chi connectivity index (χ1v) is 7.65. The first kappa shape index (κ1) is 12.5. The second-order valence-corrected chi connectivity index (χ2v) is 6.77. The van der Waals surface area contributed by atoms with Gasteiger partial charge in [-0.1, -0.05) is 6.42 Å². The van der Waals surface area contributed by atoms with Crippen molar-refractivity contribution in [3.63, 3.8) is 0 Å². The number of carbonyl (C=O) groups is 1. The van der Waals surface area contributed by atoms with Crippen LogP contribution in [0.4, 0.5) is 0 Å². The van der Waals surface area contributed by atoms with Crippen LogP contribution in [0.25, 0.3) is 0 Å². The third-order valence-electron chi connectivity index (χ3n) is 5.63. The fraction of sp³-hybridized carbons (Fsp3) is 0.933. The summed E-state index contributed by atoms with van der Waals surface area (Å²) in [7, 11) is 2.07. The van der Waals surface area contributed by atoms with Crippen LogP contribution < -0.4 is 5.32 Å². The van der Waals surface area contributed by atoms with Gasteiger partial charge in [0.2, 0.25) is 5.91 Å². The smallest absolute Gasteiger partial charge is 0.237 e. The molecule has 102 valence electrons. The van der Waals surface area contributed by atoms with Gasteiger partial charge in [-0.05, 0) is 70.4 Å². The highest BCUT2D eigenvalue weighted by molar-refractivity contribution is 5.82. The number of amides is 1. The van der Waals surface area contributed by atoms with Crippen LogP contribution in [-0.4, -0.2) is 36.5 Å². The first-order valence-electron chi connectivity index (χ1n) is 7.65. The number of likely N-dealkylation sites (N-methyl/N-ethyl adjacent to an activating group) is 1. The zero-order chi connectivity index (χ0) is 12.7. The van der Waals surface area contributed by atoms with Crippen LogP contribution in [0.3, 0.4) is 0 Å². The fourth-order valence-corrected chi connectivity index (χ4v) is 4.58. The van der Waals surface area contributed by atoms with E-state index in [-0.39, 0.29) is 11.9 Å². The van der Waals surface area contributed by atoms with Gasteiger partial charge in [0.1, 0.15) is 0 Å². The summed E-state index contributed by atoms with van der Waals surface area (Å²) in [5, 5.41) is 3.30. The number of carbonyl (C=O) groups excluding carboxylic acids is 1. The topological polar surface area (TPSA) is 32.3 Å². The lowest BCUT2D eigenvalue weighted by Crippen LogP contribution is -2.47. The lowest BCUT2D eigenvalue weighted by atomic mass is 9.84. The molecule has 1 amide bonds. The molecule has 1 heterocycles. The number of rotatable bonds is 3. The molecule has 3 fully saturated rings. The van der Waals surface area contributed by atoms with E-state index in [4.69, 9.17) is 0 Å².